The fourth-order valence-corrected chi connectivity index (χ4v) is 13.1. The standard InChI is InChI=1S/C70H46N6O/c1-40-24-28-48-44-14-5-9-19-55(44)73(59(48)34-40)67-54(38-71)68(74-56-20-10-6-15-45(56)49-29-25-41(2)35-60(49)74)70(76-58-22-12-8-17-47(58)51-31-27-43(4)37-62(51)76)66(53-18-13-23-63-65(53)52-32-33-72-39-64(52)77-63)69(67)75-57-21-11-7-16-46(57)50-30-26-42(3)36-61(50)75/h5-37,39H,1-4H3. The second-order valence-corrected chi connectivity index (χ2v) is 20.9. The third-order valence-corrected chi connectivity index (χ3v) is 16.3. The van der Waals surface area contributed by atoms with Gasteiger partial charge >= 0.3 is 0 Å². The summed E-state index contributed by atoms with van der Waals surface area (Å²) >= 11 is 0. The molecule has 0 aliphatic heterocycles. The summed E-state index contributed by atoms with van der Waals surface area (Å²) in [5.41, 5.74) is 19.7. The van der Waals surface area contributed by atoms with Crippen molar-refractivity contribution in [3.8, 4) is 39.9 Å². The Bertz CT molecular complexity index is 5030. The molecule has 0 bridgehead atoms. The lowest BCUT2D eigenvalue weighted by molar-refractivity contribution is 0.667. The van der Waals surface area contributed by atoms with Crippen LogP contribution in [0, 0.1) is 39.0 Å². The van der Waals surface area contributed by atoms with E-state index >= 15 is 0 Å². The molecule has 0 saturated heterocycles. The molecule has 0 radical (unpaired) electrons. The zero-order valence-electron chi connectivity index (χ0n) is 42.7. The fourth-order valence-electron chi connectivity index (χ4n) is 13.1. The van der Waals surface area contributed by atoms with Crippen LogP contribution in [0.1, 0.15) is 27.8 Å². The van der Waals surface area contributed by atoms with E-state index < -0.39 is 0 Å². The smallest absolute Gasteiger partial charge is 0.153 e. The van der Waals surface area contributed by atoms with Crippen molar-refractivity contribution in [3.05, 3.63) is 234 Å². The molecule has 0 aliphatic rings. The highest BCUT2D eigenvalue weighted by Gasteiger charge is 2.36. The van der Waals surface area contributed by atoms with Crippen LogP contribution in [0.25, 0.3) is 143 Å². The highest BCUT2D eigenvalue weighted by atomic mass is 16.3. The molecule has 77 heavy (non-hydrogen) atoms. The lowest BCUT2D eigenvalue weighted by Crippen LogP contribution is -2.16. The zero-order valence-corrected chi connectivity index (χ0v) is 42.7. The van der Waals surface area contributed by atoms with Gasteiger partial charge in [0, 0.05) is 65.6 Å². The normalized spacial score (nSPS) is 12.1. The molecule has 0 saturated carbocycles. The summed E-state index contributed by atoms with van der Waals surface area (Å²) in [5.74, 6) is 0. The summed E-state index contributed by atoms with van der Waals surface area (Å²) in [4.78, 5) is 4.58. The molecule has 16 aromatic rings. The molecule has 0 N–H and O–H groups in total. The van der Waals surface area contributed by atoms with Crippen LogP contribution in [-0.2, 0) is 0 Å². The van der Waals surface area contributed by atoms with Crippen LogP contribution in [0.5, 0.6) is 0 Å². The minimum Gasteiger partial charge on any atom is -0.454 e. The highest BCUT2D eigenvalue weighted by molar-refractivity contribution is 6.20. The van der Waals surface area contributed by atoms with Gasteiger partial charge in [-0.15, -0.1) is 0 Å². The monoisotopic (exact) mass is 986 g/mol. The van der Waals surface area contributed by atoms with Gasteiger partial charge in [-0.05, 0) is 116 Å². The predicted octanol–water partition coefficient (Wildman–Crippen LogP) is 18.1. The molecule has 7 nitrogen and oxygen atoms in total. The summed E-state index contributed by atoms with van der Waals surface area (Å²) in [6.45, 7) is 8.66. The van der Waals surface area contributed by atoms with E-state index in [2.05, 4.69) is 251 Å². The van der Waals surface area contributed by atoms with E-state index in [9.17, 15) is 5.26 Å². The van der Waals surface area contributed by atoms with Crippen LogP contribution in [0.15, 0.2) is 211 Å². The van der Waals surface area contributed by atoms with E-state index in [-0.39, 0.29) is 0 Å². The van der Waals surface area contributed by atoms with Crippen molar-refractivity contribution in [2.45, 2.75) is 27.7 Å². The minimum atomic E-state index is 0.526. The zero-order chi connectivity index (χ0) is 51.4. The number of pyridine rings is 1. The SMILES string of the molecule is Cc1ccc2c3ccccc3n(-c3c(C#N)c(-n4c5ccccc5c5ccc(C)cc54)c(-n4c5ccccc5c5ccc(C)cc54)c(-c4cccc5oc6cnccc6c45)c3-n3c4ccccc4c4ccc(C)cc43)c2c1. The maximum Gasteiger partial charge on any atom is 0.153 e. The quantitative estimate of drug-likeness (QED) is 0.172. The second-order valence-electron chi connectivity index (χ2n) is 20.9. The Morgan fingerprint density at radius 2 is 0.740 bits per heavy atom. The van der Waals surface area contributed by atoms with Gasteiger partial charge in [-0.3, -0.25) is 4.98 Å². The van der Waals surface area contributed by atoms with Crippen LogP contribution in [0.3, 0.4) is 0 Å². The molecule has 0 amide bonds. The third kappa shape index (κ3) is 5.92. The number of hydrogen-bond acceptors (Lipinski definition) is 3. The fraction of sp³-hybridized carbons (Fsp3) is 0.0571. The number of rotatable bonds is 5. The Labute approximate surface area is 441 Å². The van der Waals surface area contributed by atoms with Crippen molar-refractivity contribution in [2.24, 2.45) is 0 Å². The summed E-state index contributed by atoms with van der Waals surface area (Å²) in [6.07, 6.45) is 3.68. The minimum absolute atomic E-state index is 0.526. The Morgan fingerprint density at radius 1 is 0.364 bits per heavy atom. The molecule has 0 unspecified atom stereocenters. The first kappa shape index (κ1) is 43.3. The van der Waals surface area contributed by atoms with Crippen LogP contribution in [0.2, 0.25) is 0 Å². The number of para-hydroxylation sites is 4. The first-order chi connectivity index (χ1) is 37.8. The summed E-state index contributed by atoms with van der Waals surface area (Å²) < 4.78 is 16.6. The Balaban J connectivity index is 1.31. The van der Waals surface area contributed by atoms with Gasteiger partial charge in [-0.25, -0.2) is 0 Å². The molecule has 0 atom stereocenters. The largest absolute Gasteiger partial charge is 0.454 e. The van der Waals surface area contributed by atoms with Gasteiger partial charge in [-0.1, -0.05) is 133 Å². The van der Waals surface area contributed by atoms with Crippen molar-refractivity contribution in [2.75, 3.05) is 0 Å². The average Bonchev–Trinajstić information content (AvgIpc) is 4.47. The molecule has 0 aliphatic carbocycles. The Morgan fingerprint density at radius 3 is 1.14 bits per heavy atom. The van der Waals surface area contributed by atoms with Crippen LogP contribution in [0.4, 0.5) is 0 Å². The van der Waals surface area contributed by atoms with Gasteiger partial charge in [0.15, 0.2) is 5.58 Å². The predicted molar refractivity (Wildman–Crippen MR) is 318 cm³/mol. The van der Waals surface area contributed by atoms with Crippen molar-refractivity contribution in [3.63, 3.8) is 0 Å². The summed E-state index contributed by atoms with van der Waals surface area (Å²) in [6, 6.07) is 73.6. The summed E-state index contributed by atoms with van der Waals surface area (Å²) in [5, 5.41) is 23.8. The van der Waals surface area contributed by atoms with Crippen molar-refractivity contribution < 1.29 is 4.42 Å². The molecule has 7 heteroatoms. The number of benzene rings is 10. The highest BCUT2D eigenvalue weighted by Crippen LogP contribution is 2.53. The Kier molecular flexibility index (Phi) is 8.95. The van der Waals surface area contributed by atoms with Gasteiger partial charge in [0.05, 0.1) is 73.1 Å². The molecule has 10 aromatic carbocycles. The number of aryl methyl sites for hydroxylation is 4. The molecular weight excluding hydrogens is 941 g/mol. The van der Waals surface area contributed by atoms with Crippen LogP contribution < -0.4 is 0 Å². The number of fused-ring (bicyclic) bond motifs is 15. The molecule has 6 heterocycles. The third-order valence-electron chi connectivity index (χ3n) is 16.3. The van der Waals surface area contributed by atoms with Crippen molar-refractivity contribution in [1.82, 2.24) is 23.3 Å². The summed E-state index contributed by atoms with van der Waals surface area (Å²) in [7, 11) is 0. The molecule has 6 aromatic heterocycles. The van der Waals surface area contributed by atoms with E-state index in [1.54, 1.807) is 0 Å². The van der Waals surface area contributed by atoms with E-state index in [0.29, 0.717) is 11.1 Å². The number of furan rings is 1. The first-order valence-electron chi connectivity index (χ1n) is 26.2. The van der Waals surface area contributed by atoms with E-state index in [1.807, 2.05) is 12.4 Å². The van der Waals surface area contributed by atoms with E-state index in [0.717, 1.165) is 160 Å². The molecule has 0 spiro atoms. The van der Waals surface area contributed by atoms with Crippen LogP contribution in [-0.4, -0.2) is 23.3 Å². The topological polar surface area (TPSA) is 69.5 Å². The maximum atomic E-state index is 13.0. The number of nitrogens with zero attached hydrogens (tertiary/aromatic N) is 6. The van der Waals surface area contributed by atoms with Gasteiger partial charge in [0.25, 0.3) is 0 Å². The molecule has 362 valence electrons. The van der Waals surface area contributed by atoms with Crippen molar-refractivity contribution in [1.29, 1.82) is 5.26 Å². The van der Waals surface area contributed by atoms with E-state index in [1.165, 1.54) is 0 Å². The first-order valence-corrected chi connectivity index (χ1v) is 26.2. The van der Waals surface area contributed by atoms with Gasteiger partial charge in [-0.2, -0.15) is 5.26 Å². The van der Waals surface area contributed by atoms with E-state index in [4.69, 9.17) is 4.42 Å². The maximum absolute atomic E-state index is 13.0. The number of hydrogen-bond donors (Lipinski definition) is 0. The molecule has 16 rings (SSSR count). The number of nitriles is 1. The lowest BCUT2D eigenvalue weighted by Gasteiger charge is -2.29. The second kappa shape index (κ2) is 15.9. The van der Waals surface area contributed by atoms with Crippen molar-refractivity contribution >= 4 is 109 Å². The average molecular weight is 987 g/mol. The number of aromatic nitrogens is 5. The van der Waals surface area contributed by atoms with Gasteiger partial charge < -0.3 is 22.7 Å². The molecule has 0 fully saturated rings. The Hall–Kier alpha value is -10.2. The van der Waals surface area contributed by atoms with Gasteiger partial charge in [0.1, 0.15) is 17.2 Å². The van der Waals surface area contributed by atoms with Gasteiger partial charge in [0.2, 0.25) is 0 Å². The van der Waals surface area contributed by atoms with Crippen LogP contribution >= 0.6 is 0 Å². The molecular formula is C70H46N6O. The lowest BCUT2D eigenvalue weighted by atomic mass is 9.91.